The normalized spacial score (nSPS) is 13.0. The first-order valence-corrected chi connectivity index (χ1v) is 5.99. The van der Waals surface area contributed by atoms with E-state index in [-0.39, 0.29) is 6.04 Å². The molecular weight excluding hydrogens is 214 g/mol. The summed E-state index contributed by atoms with van der Waals surface area (Å²) >= 11 is 0. The van der Waals surface area contributed by atoms with Crippen LogP contribution in [0.3, 0.4) is 0 Å². The molecule has 0 radical (unpaired) electrons. The molecule has 0 bridgehead atoms. The Balaban J connectivity index is 2.05. The second-order valence-electron chi connectivity index (χ2n) is 4.67. The molecule has 0 aliphatic heterocycles. The van der Waals surface area contributed by atoms with Crippen molar-refractivity contribution in [2.75, 3.05) is 5.32 Å². The van der Waals surface area contributed by atoms with E-state index in [1.807, 2.05) is 31.2 Å². The van der Waals surface area contributed by atoms with Crippen LogP contribution in [0.15, 0.2) is 33.1 Å². The zero-order chi connectivity index (χ0) is 12.4. The summed E-state index contributed by atoms with van der Waals surface area (Å²) in [5.41, 5.74) is 0. The molecule has 1 unspecified atom stereocenters. The second-order valence-corrected chi connectivity index (χ2v) is 4.67. The second kappa shape index (κ2) is 4.70. The van der Waals surface area contributed by atoms with Crippen molar-refractivity contribution < 1.29 is 8.83 Å². The topological polar surface area (TPSA) is 38.3 Å². The summed E-state index contributed by atoms with van der Waals surface area (Å²) in [6.07, 6.45) is 0. The Kier molecular flexibility index (Phi) is 3.27. The van der Waals surface area contributed by atoms with Crippen LogP contribution in [0.2, 0.25) is 0 Å². The molecular formula is C14H19NO2. The maximum absolute atomic E-state index is 5.69. The molecule has 0 fully saturated rings. The highest BCUT2D eigenvalue weighted by atomic mass is 16.4. The fraction of sp³-hybridized carbons (Fsp3) is 0.429. The molecule has 17 heavy (non-hydrogen) atoms. The minimum Gasteiger partial charge on any atom is -0.464 e. The van der Waals surface area contributed by atoms with Crippen molar-refractivity contribution in [2.24, 2.45) is 0 Å². The standard InChI is InChI=1S/C14H19NO2/c1-9(2)12-7-8-14(17-12)15-11(4)13-6-5-10(3)16-13/h5-9,11,15H,1-4H3. The molecule has 2 rings (SSSR count). The average Bonchev–Trinajstić information content (AvgIpc) is 2.86. The first-order valence-electron chi connectivity index (χ1n) is 5.99. The number of aryl methyl sites for hydroxylation is 1. The van der Waals surface area contributed by atoms with E-state index >= 15 is 0 Å². The Morgan fingerprint density at radius 3 is 2.18 bits per heavy atom. The summed E-state index contributed by atoms with van der Waals surface area (Å²) in [6.45, 7) is 8.22. The minimum absolute atomic E-state index is 0.106. The third-order valence-corrected chi connectivity index (χ3v) is 2.74. The molecule has 0 aromatic carbocycles. The third-order valence-electron chi connectivity index (χ3n) is 2.74. The lowest BCUT2D eigenvalue weighted by Crippen LogP contribution is -2.04. The first kappa shape index (κ1) is 11.8. The Hall–Kier alpha value is -1.64. The summed E-state index contributed by atoms with van der Waals surface area (Å²) in [7, 11) is 0. The fourth-order valence-electron chi connectivity index (χ4n) is 1.71. The van der Waals surface area contributed by atoms with Gasteiger partial charge in [0.25, 0.3) is 0 Å². The molecule has 0 saturated heterocycles. The van der Waals surface area contributed by atoms with Gasteiger partial charge in [-0.1, -0.05) is 13.8 Å². The minimum atomic E-state index is 0.106. The molecule has 1 N–H and O–H groups in total. The molecule has 3 nitrogen and oxygen atoms in total. The number of nitrogens with one attached hydrogen (secondary N) is 1. The lowest BCUT2D eigenvalue weighted by molar-refractivity contribution is 0.454. The first-order chi connectivity index (χ1) is 8.06. The van der Waals surface area contributed by atoms with Gasteiger partial charge in [0.15, 0.2) is 5.88 Å². The maximum atomic E-state index is 5.69. The van der Waals surface area contributed by atoms with Crippen molar-refractivity contribution in [3.05, 3.63) is 41.5 Å². The molecule has 3 heteroatoms. The Labute approximate surface area is 102 Å². The third kappa shape index (κ3) is 2.73. The van der Waals surface area contributed by atoms with Crippen LogP contribution in [-0.2, 0) is 0 Å². The molecule has 0 saturated carbocycles. The Bertz CT molecular complexity index is 482. The summed E-state index contributed by atoms with van der Waals surface area (Å²) in [5, 5.41) is 3.29. The van der Waals surface area contributed by atoms with Crippen LogP contribution in [0.5, 0.6) is 0 Å². The van der Waals surface area contributed by atoms with Crippen LogP contribution < -0.4 is 5.32 Å². The van der Waals surface area contributed by atoms with Gasteiger partial charge in [-0.15, -0.1) is 0 Å². The number of hydrogen-bond donors (Lipinski definition) is 1. The Morgan fingerprint density at radius 2 is 1.65 bits per heavy atom. The van der Waals surface area contributed by atoms with Gasteiger partial charge in [-0.2, -0.15) is 0 Å². The summed E-state index contributed by atoms with van der Waals surface area (Å²) in [6, 6.07) is 8.03. The summed E-state index contributed by atoms with van der Waals surface area (Å²) in [4.78, 5) is 0. The molecule has 0 spiro atoms. The van der Waals surface area contributed by atoms with E-state index in [0.29, 0.717) is 5.92 Å². The van der Waals surface area contributed by atoms with Gasteiger partial charge in [-0.3, -0.25) is 0 Å². The van der Waals surface area contributed by atoms with Crippen molar-refractivity contribution >= 4 is 5.88 Å². The monoisotopic (exact) mass is 233 g/mol. The zero-order valence-corrected chi connectivity index (χ0v) is 10.8. The molecule has 0 amide bonds. The van der Waals surface area contributed by atoms with E-state index in [4.69, 9.17) is 8.83 Å². The van der Waals surface area contributed by atoms with Gasteiger partial charge in [-0.05, 0) is 32.0 Å². The van der Waals surface area contributed by atoms with E-state index in [1.54, 1.807) is 0 Å². The highest BCUT2D eigenvalue weighted by Crippen LogP contribution is 2.25. The van der Waals surface area contributed by atoms with Crippen molar-refractivity contribution in [3.8, 4) is 0 Å². The lowest BCUT2D eigenvalue weighted by atomic mass is 10.2. The fourth-order valence-corrected chi connectivity index (χ4v) is 1.71. The van der Waals surface area contributed by atoms with E-state index in [0.717, 1.165) is 23.2 Å². The van der Waals surface area contributed by atoms with E-state index < -0.39 is 0 Å². The highest BCUT2D eigenvalue weighted by molar-refractivity contribution is 5.35. The van der Waals surface area contributed by atoms with Crippen LogP contribution >= 0.6 is 0 Å². The van der Waals surface area contributed by atoms with E-state index in [9.17, 15) is 0 Å². The summed E-state index contributed by atoms with van der Waals surface area (Å²) < 4.78 is 11.3. The van der Waals surface area contributed by atoms with Gasteiger partial charge >= 0.3 is 0 Å². The molecule has 2 heterocycles. The van der Waals surface area contributed by atoms with Crippen LogP contribution in [0.4, 0.5) is 5.88 Å². The van der Waals surface area contributed by atoms with Gasteiger partial charge in [0.2, 0.25) is 0 Å². The zero-order valence-electron chi connectivity index (χ0n) is 10.8. The van der Waals surface area contributed by atoms with Crippen molar-refractivity contribution in [3.63, 3.8) is 0 Å². The number of rotatable bonds is 4. The highest BCUT2D eigenvalue weighted by Gasteiger charge is 2.12. The quantitative estimate of drug-likeness (QED) is 0.846. The van der Waals surface area contributed by atoms with Crippen molar-refractivity contribution in [1.29, 1.82) is 0 Å². The van der Waals surface area contributed by atoms with Crippen LogP contribution in [0.25, 0.3) is 0 Å². The molecule has 0 aliphatic carbocycles. The molecule has 2 aromatic rings. The number of anilines is 1. The van der Waals surface area contributed by atoms with Gasteiger partial charge in [-0.25, -0.2) is 0 Å². The SMILES string of the molecule is Cc1ccc(C(C)Nc2ccc(C(C)C)o2)o1. The van der Waals surface area contributed by atoms with Gasteiger partial charge in [0.05, 0.1) is 6.04 Å². The molecule has 1 atom stereocenters. The van der Waals surface area contributed by atoms with Gasteiger partial charge < -0.3 is 14.2 Å². The number of furan rings is 2. The molecule has 0 aliphatic rings. The van der Waals surface area contributed by atoms with Crippen LogP contribution in [-0.4, -0.2) is 0 Å². The van der Waals surface area contributed by atoms with Crippen LogP contribution in [0.1, 0.15) is 50.0 Å². The smallest absolute Gasteiger partial charge is 0.193 e. The largest absolute Gasteiger partial charge is 0.464 e. The predicted octanol–water partition coefficient (Wildman–Crippen LogP) is 4.48. The molecule has 92 valence electrons. The van der Waals surface area contributed by atoms with Crippen molar-refractivity contribution in [1.82, 2.24) is 0 Å². The van der Waals surface area contributed by atoms with Gasteiger partial charge in [0, 0.05) is 12.0 Å². The number of hydrogen-bond acceptors (Lipinski definition) is 3. The average molecular weight is 233 g/mol. The van der Waals surface area contributed by atoms with E-state index in [1.165, 1.54) is 0 Å². The maximum Gasteiger partial charge on any atom is 0.193 e. The lowest BCUT2D eigenvalue weighted by Gasteiger charge is -2.10. The molecule has 2 aromatic heterocycles. The summed E-state index contributed by atoms with van der Waals surface area (Å²) in [5.74, 6) is 4.04. The van der Waals surface area contributed by atoms with E-state index in [2.05, 4.69) is 26.1 Å². The Morgan fingerprint density at radius 1 is 0.941 bits per heavy atom. The van der Waals surface area contributed by atoms with Crippen molar-refractivity contribution in [2.45, 2.75) is 39.7 Å². The predicted molar refractivity (Wildman–Crippen MR) is 68.3 cm³/mol. The van der Waals surface area contributed by atoms with Crippen LogP contribution in [0, 0.1) is 6.92 Å². The van der Waals surface area contributed by atoms with Gasteiger partial charge in [0.1, 0.15) is 17.3 Å².